The molecule has 1 N–H and O–H groups in total. The lowest BCUT2D eigenvalue weighted by Gasteiger charge is -2.24. The molecule has 0 saturated heterocycles. The predicted octanol–water partition coefficient (Wildman–Crippen LogP) is 5.61. The molecule has 212 valence electrons. The van der Waals surface area contributed by atoms with Crippen molar-refractivity contribution in [1.82, 2.24) is 4.57 Å². The van der Waals surface area contributed by atoms with Gasteiger partial charge < -0.3 is 10.2 Å². The molecule has 3 aromatic carbocycles. The maximum atomic E-state index is 14.4. The lowest BCUT2D eigenvalue weighted by Crippen LogP contribution is -2.41. The first kappa shape index (κ1) is 27.5. The van der Waals surface area contributed by atoms with E-state index in [1.54, 1.807) is 16.4 Å². The minimum absolute atomic E-state index is 0.243. The largest absolute Gasteiger partial charge is 0.322 e. The molecule has 43 heavy (non-hydrogen) atoms. The van der Waals surface area contributed by atoms with Gasteiger partial charge in [0.1, 0.15) is 10.6 Å². The molecule has 10 heteroatoms. The number of thiophene rings is 1. The van der Waals surface area contributed by atoms with Crippen LogP contribution in [0.5, 0.6) is 0 Å². The van der Waals surface area contributed by atoms with Gasteiger partial charge in [0.15, 0.2) is 4.80 Å². The first-order valence-electron chi connectivity index (χ1n) is 13.5. The molecule has 0 saturated carbocycles. The molecule has 0 radical (unpaired) electrons. The van der Waals surface area contributed by atoms with Gasteiger partial charge in [-0.25, -0.2) is 4.99 Å². The van der Waals surface area contributed by atoms with Gasteiger partial charge in [0, 0.05) is 20.6 Å². The lowest BCUT2D eigenvalue weighted by molar-refractivity contribution is -0.114. The van der Waals surface area contributed by atoms with E-state index in [2.05, 4.69) is 21.2 Å². The summed E-state index contributed by atoms with van der Waals surface area (Å²) in [6.45, 7) is 2.16. The molecule has 2 amide bonds. The number of para-hydroxylation sites is 1. The Morgan fingerprint density at radius 3 is 2.44 bits per heavy atom. The number of allylic oxidation sites excluding steroid dienone is 1. The Morgan fingerprint density at radius 2 is 1.72 bits per heavy atom. The zero-order valence-electron chi connectivity index (χ0n) is 22.8. The average Bonchev–Trinajstić information content (AvgIpc) is 3.71. The Labute approximate surface area is 262 Å². The van der Waals surface area contributed by atoms with Gasteiger partial charge in [-0.2, -0.15) is 0 Å². The molecule has 2 aromatic heterocycles. The summed E-state index contributed by atoms with van der Waals surface area (Å²) in [6.07, 6.45) is 0. The molecular formula is C33H23BrN4O3S2. The second-order valence-corrected chi connectivity index (χ2v) is 13.0. The monoisotopic (exact) mass is 666 g/mol. The number of carbonyl (C=O) groups excluding carboxylic acids is 2. The van der Waals surface area contributed by atoms with E-state index in [1.807, 2.05) is 96.4 Å². The molecule has 0 bridgehead atoms. The Kier molecular flexibility index (Phi) is 7.04. The fourth-order valence-corrected chi connectivity index (χ4v) is 7.87. The summed E-state index contributed by atoms with van der Waals surface area (Å²) in [5.74, 6) is -0.572. The fraction of sp³-hybridized carbons (Fsp3) is 0.0909. The van der Waals surface area contributed by atoms with Crippen molar-refractivity contribution in [2.75, 3.05) is 10.2 Å². The Balaban J connectivity index is 1.41. The molecule has 7 rings (SSSR count). The maximum Gasteiger partial charge on any atom is 0.272 e. The SMILES string of the molecule is CC1=C(C(=O)Nc2ccccc2)[C@H](c2cccs2)n2c(s/c(=C3\C(=O)N(Cc4ccccc4)c4ccc(Br)cc43)c2=O)=N1. The summed E-state index contributed by atoms with van der Waals surface area (Å²) in [4.78, 5) is 50.0. The molecule has 7 nitrogen and oxygen atoms in total. The van der Waals surface area contributed by atoms with Gasteiger partial charge in [0.05, 0.1) is 29.1 Å². The minimum Gasteiger partial charge on any atom is -0.322 e. The van der Waals surface area contributed by atoms with Crippen molar-refractivity contribution in [3.8, 4) is 0 Å². The van der Waals surface area contributed by atoms with Gasteiger partial charge in [-0.05, 0) is 54.3 Å². The van der Waals surface area contributed by atoms with E-state index in [1.165, 1.54) is 22.7 Å². The Morgan fingerprint density at radius 1 is 0.977 bits per heavy atom. The number of rotatable bonds is 5. The number of fused-ring (bicyclic) bond motifs is 2. The fourth-order valence-electron chi connectivity index (χ4n) is 5.54. The molecule has 2 aliphatic rings. The van der Waals surface area contributed by atoms with Crippen LogP contribution in [0.25, 0.3) is 5.57 Å². The number of amides is 2. The first-order valence-corrected chi connectivity index (χ1v) is 16.0. The first-order chi connectivity index (χ1) is 20.9. The maximum absolute atomic E-state index is 14.4. The summed E-state index contributed by atoms with van der Waals surface area (Å²) in [5, 5.41) is 4.89. The van der Waals surface area contributed by atoms with Crippen LogP contribution in [0, 0.1) is 0 Å². The highest BCUT2D eigenvalue weighted by Gasteiger charge is 2.37. The van der Waals surface area contributed by atoms with E-state index in [-0.39, 0.29) is 17.4 Å². The van der Waals surface area contributed by atoms with Gasteiger partial charge in [0.25, 0.3) is 17.4 Å². The van der Waals surface area contributed by atoms with Crippen LogP contribution in [-0.4, -0.2) is 16.4 Å². The quantitative estimate of drug-likeness (QED) is 0.265. The van der Waals surface area contributed by atoms with Gasteiger partial charge >= 0.3 is 0 Å². The molecule has 0 unspecified atom stereocenters. The summed E-state index contributed by atoms with van der Waals surface area (Å²) in [7, 11) is 0. The second-order valence-electron chi connectivity index (χ2n) is 10.2. The standard InChI is InChI=1S/C33H23BrN4O3S2/c1-19-26(30(39)36-22-11-6-3-7-12-22)28(25-13-8-16-42-25)38-32(41)29(43-33(38)35-19)27-23-17-21(34)14-15-24(23)37(31(27)40)18-20-9-4-2-5-10-20/h2-17,28H,18H2,1H3,(H,36,39)/b29-27-/t28-/m0/s1. The number of carbonyl (C=O) groups is 2. The van der Waals surface area contributed by atoms with Crippen molar-refractivity contribution in [3.05, 3.63) is 148 Å². The summed E-state index contributed by atoms with van der Waals surface area (Å²) in [6, 6.07) is 27.8. The van der Waals surface area contributed by atoms with Crippen LogP contribution in [0.1, 0.15) is 29.0 Å². The summed E-state index contributed by atoms with van der Waals surface area (Å²) >= 11 is 6.20. The van der Waals surface area contributed by atoms with Crippen LogP contribution in [0.15, 0.2) is 122 Å². The van der Waals surface area contributed by atoms with Crippen LogP contribution in [0.3, 0.4) is 0 Å². The van der Waals surface area contributed by atoms with Crippen LogP contribution >= 0.6 is 38.6 Å². The number of anilines is 2. The highest BCUT2D eigenvalue weighted by atomic mass is 79.9. The van der Waals surface area contributed by atoms with Crippen LogP contribution in [0.4, 0.5) is 11.4 Å². The van der Waals surface area contributed by atoms with E-state index in [9.17, 15) is 14.4 Å². The smallest absolute Gasteiger partial charge is 0.272 e. The molecule has 5 aromatic rings. The number of benzene rings is 3. The zero-order chi connectivity index (χ0) is 29.7. The highest BCUT2D eigenvalue weighted by Crippen LogP contribution is 2.38. The van der Waals surface area contributed by atoms with E-state index < -0.39 is 6.04 Å². The highest BCUT2D eigenvalue weighted by molar-refractivity contribution is 9.10. The molecule has 4 heterocycles. The molecule has 0 aliphatic carbocycles. The molecule has 1 atom stereocenters. The van der Waals surface area contributed by atoms with Crippen molar-refractivity contribution in [3.63, 3.8) is 0 Å². The van der Waals surface area contributed by atoms with Crippen molar-refractivity contribution < 1.29 is 9.59 Å². The Bertz CT molecular complexity index is 2120. The van der Waals surface area contributed by atoms with Gasteiger partial charge in [-0.3, -0.25) is 19.0 Å². The number of halogens is 1. The minimum atomic E-state index is -0.687. The van der Waals surface area contributed by atoms with Gasteiger partial charge in [-0.1, -0.05) is 81.9 Å². The normalized spacial score (nSPS) is 17.0. The molecule has 2 aliphatic heterocycles. The van der Waals surface area contributed by atoms with E-state index in [4.69, 9.17) is 4.99 Å². The van der Waals surface area contributed by atoms with Crippen molar-refractivity contribution in [2.24, 2.45) is 4.99 Å². The third-order valence-corrected chi connectivity index (χ3v) is 9.95. The molecule has 0 spiro atoms. The summed E-state index contributed by atoms with van der Waals surface area (Å²) < 4.78 is 2.67. The number of nitrogens with zero attached hydrogens (tertiary/aromatic N) is 3. The van der Waals surface area contributed by atoms with Crippen LogP contribution < -0.4 is 25.1 Å². The molecule has 0 fully saturated rings. The van der Waals surface area contributed by atoms with Gasteiger partial charge in [0.2, 0.25) is 0 Å². The van der Waals surface area contributed by atoms with E-state index >= 15 is 0 Å². The van der Waals surface area contributed by atoms with E-state index in [0.717, 1.165) is 20.6 Å². The van der Waals surface area contributed by atoms with Gasteiger partial charge in [-0.15, -0.1) is 11.3 Å². The van der Waals surface area contributed by atoms with Crippen molar-refractivity contribution in [1.29, 1.82) is 0 Å². The van der Waals surface area contributed by atoms with E-state index in [0.29, 0.717) is 44.0 Å². The van der Waals surface area contributed by atoms with Crippen LogP contribution in [-0.2, 0) is 16.1 Å². The average molecular weight is 668 g/mol. The third-order valence-electron chi connectivity index (χ3n) is 7.47. The number of thiazole rings is 1. The zero-order valence-corrected chi connectivity index (χ0v) is 26.0. The topological polar surface area (TPSA) is 83.8 Å². The molecular weight excluding hydrogens is 644 g/mol. The van der Waals surface area contributed by atoms with Crippen molar-refractivity contribution >= 4 is 67.4 Å². The number of aromatic nitrogens is 1. The number of nitrogens with one attached hydrogen (secondary N) is 1. The second kappa shape index (κ2) is 11.0. The lowest BCUT2D eigenvalue weighted by atomic mass is 10.0. The van der Waals surface area contributed by atoms with Crippen LogP contribution in [0.2, 0.25) is 0 Å². The number of hydrogen-bond donors (Lipinski definition) is 1. The Hall–Kier alpha value is -4.38. The number of hydrogen-bond acceptors (Lipinski definition) is 6. The van der Waals surface area contributed by atoms with Crippen molar-refractivity contribution in [2.45, 2.75) is 19.5 Å². The predicted molar refractivity (Wildman–Crippen MR) is 174 cm³/mol. The third kappa shape index (κ3) is 4.81. The summed E-state index contributed by atoms with van der Waals surface area (Å²) in [5.41, 5.74) is 3.97.